The van der Waals surface area contributed by atoms with Crippen molar-refractivity contribution in [3.05, 3.63) is 46.2 Å². The Hall–Kier alpha value is -2.54. The minimum absolute atomic E-state index is 0.134. The number of hydrogen-bond donors (Lipinski definition) is 1. The highest BCUT2D eigenvalue weighted by atomic mass is 32.1. The number of benzene rings is 1. The lowest BCUT2D eigenvalue weighted by Crippen LogP contribution is -2.34. The van der Waals surface area contributed by atoms with E-state index in [1.54, 1.807) is 11.3 Å². The Bertz CT molecular complexity index is 773. The van der Waals surface area contributed by atoms with Gasteiger partial charge in [0, 0.05) is 19.4 Å². The number of oxime groups is 1. The van der Waals surface area contributed by atoms with Gasteiger partial charge in [-0.1, -0.05) is 11.2 Å². The van der Waals surface area contributed by atoms with Crippen LogP contribution in [-0.2, 0) is 22.6 Å². The first-order valence-electron chi connectivity index (χ1n) is 7.67. The highest BCUT2D eigenvalue weighted by molar-refractivity contribution is 7.07. The SMILES string of the molecule is O=C(NCc1ccsc1)[C@H]1CC(Cc2ccc3c(c2)OCO3)=NO1. The normalized spacial score (nSPS) is 18.2. The molecule has 24 heavy (non-hydrogen) atoms. The molecular weight excluding hydrogens is 328 g/mol. The van der Waals surface area contributed by atoms with Crippen LogP contribution in [0.25, 0.3) is 0 Å². The molecule has 124 valence electrons. The first-order chi connectivity index (χ1) is 11.8. The van der Waals surface area contributed by atoms with Crippen LogP contribution >= 0.6 is 11.3 Å². The van der Waals surface area contributed by atoms with E-state index in [2.05, 4.69) is 10.5 Å². The van der Waals surface area contributed by atoms with E-state index in [-0.39, 0.29) is 12.7 Å². The lowest BCUT2D eigenvalue weighted by Gasteiger charge is -2.08. The molecule has 0 saturated heterocycles. The van der Waals surface area contributed by atoms with Crippen molar-refractivity contribution in [2.24, 2.45) is 5.16 Å². The Balaban J connectivity index is 1.30. The first-order valence-corrected chi connectivity index (χ1v) is 8.61. The predicted molar refractivity (Wildman–Crippen MR) is 89.4 cm³/mol. The molecule has 0 fully saturated rings. The lowest BCUT2D eigenvalue weighted by molar-refractivity contribution is -0.131. The molecule has 1 amide bonds. The first kappa shape index (κ1) is 15.0. The summed E-state index contributed by atoms with van der Waals surface area (Å²) in [7, 11) is 0. The minimum atomic E-state index is -0.548. The summed E-state index contributed by atoms with van der Waals surface area (Å²) in [4.78, 5) is 17.4. The van der Waals surface area contributed by atoms with Gasteiger partial charge in [0.1, 0.15) is 0 Å². The second-order valence-corrected chi connectivity index (χ2v) is 6.45. The van der Waals surface area contributed by atoms with Gasteiger partial charge in [-0.15, -0.1) is 0 Å². The Morgan fingerprint density at radius 2 is 2.17 bits per heavy atom. The number of nitrogens with zero attached hydrogens (tertiary/aromatic N) is 1. The van der Waals surface area contributed by atoms with Gasteiger partial charge in [-0.3, -0.25) is 4.79 Å². The van der Waals surface area contributed by atoms with Crippen LogP contribution in [0.5, 0.6) is 11.5 Å². The van der Waals surface area contributed by atoms with Gasteiger partial charge in [0.15, 0.2) is 11.5 Å². The summed E-state index contributed by atoms with van der Waals surface area (Å²) in [5.74, 6) is 1.37. The summed E-state index contributed by atoms with van der Waals surface area (Å²) in [5, 5.41) is 10.9. The summed E-state index contributed by atoms with van der Waals surface area (Å²) in [5.41, 5.74) is 3.00. The monoisotopic (exact) mass is 344 g/mol. The van der Waals surface area contributed by atoms with E-state index in [9.17, 15) is 4.79 Å². The van der Waals surface area contributed by atoms with E-state index in [1.807, 2.05) is 35.0 Å². The summed E-state index contributed by atoms with van der Waals surface area (Å²) < 4.78 is 10.7. The van der Waals surface area contributed by atoms with Crippen molar-refractivity contribution in [1.82, 2.24) is 5.32 Å². The fourth-order valence-corrected chi connectivity index (χ4v) is 3.32. The van der Waals surface area contributed by atoms with Crippen LogP contribution in [-0.4, -0.2) is 24.5 Å². The third-order valence-corrected chi connectivity index (χ3v) is 4.65. The second-order valence-electron chi connectivity index (χ2n) is 5.67. The third-order valence-electron chi connectivity index (χ3n) is 3.91. The molecule has 1 aromatic heterocycles. The van der Waals surface area contributed by atoms with Crippen molar-refractivity contribution in [3.63, 3.8) is 0 Å². The fraction of sp³-hybridized carbons (Fsp3) is 0.294. The van der Waals surface area contributed by atoms with Crippen LogP contribution in [0.1, 0.15) is 17.5 Å². The zero-order valence-electron chi connectivity index (χ0n) is 12.9. The van der Waals surface area contributed by atoms with Gasteiger partial charge >= 0.3 is 0 Å². The molecule has 2 aliphatic heterocycles. The van der Waals surface area contributed by atoms with E-state index in [4.69, 9.17) is 14.3 Å². The van der Waals surface area contributed by atoms with Crippen LogP contribution in [0, 0.1) is 0 Å². The van der Waals surface area contributed by atoms with Crippen molar-refractivity contribution < 1.29 is 19.1 Å². The number of rotatable bonds is 5. The topological polar surface area (TPSA) is 69.2 Å². The molecule has 0 spiro atoms. The number of thiophene rings is 1. The zero-order chi connectivity index (χ0) is 16.4. The Labute approximate surface area is 143 Å². The maximum atomic E-state index is 12.1. The molecule has 3 heterocycles. The maximum Gasteiger partial charge on any atom is 0.264 e. The molecule has 2 aromatic rings. The van der Waals surface area contributed by atoms with Crippen molar-refractivity contribution >= 4 is 23.0 Å². The van der Waals surface area contributed by atoms with E-state index in [0.717, 1.165) is 28.3 Å². The quantitative estimate of drug-likeness (QED) is 0.905. The molecule has 0 radical (unpaired) electrons. The second kappa shape index (κ2) is 6.52. The van der Waals surface area contributed by atoms with Crippen LogP contribution < -0.4 is 14.8 Å². The Kier molecular flexibility index (Phi) is 4.08. The van der Waals surface area contributed by atoms with Crippen molar-refractivity contribution in [3.8, 4) is 11.5 Å². The summed E-state index contributed by atoms with van der Waals surface area (Å²) >= 11 is 1.61. The van der Waals surface area contributed by atoms with Crippen LogP contribution in [0.4, 0.5) is 0 Å². The summed E-state index contributed by atoms with van der Waals surface area (Å²) in [6.07, 6.45) is 0.585. The van der Waals surface area contributed by atoms with Crippen LogP contribution in [0.2, 0.25) is 0 Å². The van der Waals surface area contributed by atoms with Gasteiger partial charge in [0.05, 0.1) is 5.71 Å². The smallest absolute Gasteiger partial charge is 0.264 e. The number of ether oxygens (including phenoxy) is 2. The molecule has 0 bridgehead atoms. The summed E-state index contributed by atoms with van der Waals surface area (Å²) in [6.45, 7) is 0.773. The number of amides is 1. The van der Waals surface area contributed by atoms with Gasteiger partial charge in [0.2, 0.25) is 12.9 Å². The molecule has 0 saturated carbocycles. The van der Waals surface area contributed by atoms with E-state index >= 15 is 0 Å². The van der Waals surface area contributed by atoms with Crippen molar-refractivity contribution in [2.45, 2.75) is 25.5 Å². The van der Waals surface area contributed by atoms with Gasteiger partial charge in [0.25, 0.3) is 5.91 Å². The maximum absolute atomic E-state index is 12.1. The molecule has 6 nitrogen and oxygen atoms in total. The van der Waals surface area contributed by atoms with E-state index in [0.29, 0.717) is 19.4 Å². The lowest BCUT2D eigenvalue weighted by atomic mass is 10.0. The molecular formula is C17H16N2O4S. The number of carbonyl (C=O) groups excluding carboxylic acids is 1. The number of nitrogens with one attached hydrogen (secondary N) is 1. The van der Waals surface area contributed by atoms with Gasteiger partial charge < -0.3 is 19.6 Å². The van der Waals surface area contributed by atoms with Crippen LogP contribution in [0.15, 0.2) is 40.2 Å². The molecule has 1 atom stereocenters. The number of fused-ring (bicyclic) bond motifs is 1. The zero-order valence-corrected chi connectivity index (χ0v) is 13.7. The predicted octanol–water partition coefficient (Wildman–Crippen LogP) is 2.48. The fourth-order valence-electron chi connectivity index (χ4n) is 2.65. The van der Waals surface area contributed by atoms with E-state index in [1.165, 1.54) is 0 Å². The van der Waals surface area contributed by atoms with Gasteiger partial charge in [-0.05, 0) is 40.1 Å². The molecule has 4 rings (SSSR count). The Morgan fingerprint density at radius 3 is 3.04 bits per heavy atom. The number of carbonyl (C=O) groups is 1. The highest BCUT2D eigenvalue weighted by Crippen LogP contribution is 2.33. The molecule has 0 aliphatic carbocycles. The average molecular weight is 344 g/mol. The van der Waals surface area contributed by atoms with Gasteiger partial charge in [-0.2, -0.15) is 11.3 Å². The molecule has 7 heteroatoms. The Morgan fingerprint density at radius 1 is 1.25 bits per heavy atom. The minimum Gasteiger partial charge on any atom is -0.454 e. The van der Waals surface area contributed by atoms with Crippen molar-refractivity contribution in [2.75, 3.05) is 6.79 Å². The molecule has 1 aromatic carbocycles. The summed E-state index contributed by atoms with van der Waals surface area (Å²) in [6, 6.07) is 7.79. The van der Waals surface area contributed by atoms with Crippen molar-refractivity contribution in [1.29, 1.82) is 0 Å². The molecule has 1 N–H and O–H groups in total. The molecule has 2 aliphatic rings. The average Bonchev–Trinajstić information content (AvgIpc) is 3.33. The highest BCUT2D eigenvalue weighted by Gasteiger charge is 2.28. The van der Waals surface area contributed by atoms with Crippen LogP contribution in [0.3, 0.4) is 0 Å². The van der Waals surface area contributed by atoms with Gasteiger partial charge in [-0.25, -0.2) is 0 Å². The largest absolute Gasteiger partial charge is 0.454 e. The molecule has 0 unspecified atom stereocenters. The van der Waals surface area contributed by atoms with E-state index < -0.39 is 6.10 Å². The standard InChI is InChI=1S/C17H16N2O4S/c20-17(18-8-12-3-4-24-9-12)16-7-13(19-23-16)5-11-1-2-14-15(6-11)22-10-21-14/h1-4,6,9,16H,5,7-8,10H2,(H,18,20)/t16-/m1/s1. The third kappa shape index (κ3) is 3.21. The number of hydrogen-bond acceptors (Lipinski definition) is 6.